The van der Waals surface area contributed by atoms with Crippen LogP contribution in [0.5, 0.6) is 5.75 Å². The van der Waals surface area contributed by atoms with E-state index in [9.17, 15) is 0 Å². The van der Waals surface area contributed by atoms with Gasteiger partial charge >= 0.3 is 0 Å². The maximum Gasteiger partial charge on any atom is 0.123 e. The van der Waals surface area contributed by atoms with E-state index in [0.29, 0.717) is 6.61 Å². The number of halogens is 1. The fourth-order valence-electron chi connectivity index (χ4n) is 2.11. The fraction of sp³-hybridized carbons (Fsp3) is 0.294. The lowest BCUT2D eigenvalue weighted by atomic mass is 10.1. The van der Waals surface area contributed by atoms with Gasteiger partial charge in [-0.05, 0) is 37.6 Å². The predicted octanol–water partition coefficient (Wildman–Crippen LogP) is 4.59. The van der Waals surface area contributed by atoms with Crippen LogP contribution in [0.4, 0.5) is 0 Å². The maximum atomic E-state index is 6.07. The van der Waals surface area contributed by atoms with E-state index >= 15 is 0 Å². The molecule has 2 aromatic carbocycles. The highest BCUT2D eigenvalue weighted by molar-refractivity contribution is 6.30. The van der Waals surface area contributed by atoms with Gasteiger partial charge in [-0.1, -0.05) is 41.9 Å². The van der Waals surface area contributed by atoms with Crippen LogP contribution in [0.1, 0.15) is 31.0 Å². The maximum absolute atomic E-state index is 6.07. The van der Waals surface area contributed by atoms with E-state index in [1.165, 1.54) is 5.56 Å². The Morgan fingerprint density at radius 2 is 1.90 bits per heavy atom. The van der Waals surface area contributed by atoms with E-state index in [1.807, 2.05) is 31.2 Å². The summed E-state index contributed by atoms with van der Waals surface area (Å²) < 4.78 is 5.63. The van der Waals surface area contributed by atoms with Gasteiger partial charge in [-0.2, -0.15) is 0 Å². The van der Waals surface area contributed by atoms with Crippen LogP contribution in [-0.4, -0.2) is 6.61 Å². The molecule has 2 rings (SSSR count). The topological polar surface area (TPSA) is 21.3 Å². The van der Waals surface area contributed by atoms with Crippen molar-refractivity contribution >= 4 is 11.6 Å². The molecular weight excluding hydrogens is 270 g/mol. The van der Waals surface area contributed by atoms with Gasteiger partial charge in [-0.15, -0.1) is 0 Å². The molecule has 0 spiro atoms. The summed E-state index contributed by atoms with van der Waals surface area (Å²) in [6.45, 7) is 5.52. The Morgan fingerprint density at radius 1 is 1.15 bits per heavy atom. The molecule has 2 nitrogen and oxygen atoms in total. The molecule has 0 aliphatic carbocycles. The van der Waals surface area contributed by atoms with Gasteiger partial charge < -0.3 is 10.1 Å². The Balaban J connectivity index is 2.05. The van der Waals surface area contributed by atoms with Gasteiger partial charge in [-0.25, -0.2) is 0 Å². The molecule has 0 aromatic heterocycles. The molecule has 1 atom stereocenters. The monoisotopic (exact) mass is 289 g/mol. The summed E-state index contributed by atoms with van der Waals surface area (Å²) in [7, 11) is 0. The first kappa shape index (κ1) is 14.9. The van der Waals surface area contributed by atoms with Crippen LogP contribution in [0.15, 0.2) is 48.5 Å². The molecule has 0 unspecified atom stereocenters. The number of benzene rings is 2. The molecule has 20 heavy (non-hydrogen) atoms. The summed E-state index contributed by atoms with van der Waals surface area (Å²) >= 11 is 6.07. The minimum Gasteiger partial charge on any atom is -0.494 e. The average molecular weight is 290 g/mol. The molecule has 0 bridgehead atoms. The lowest BCUT2D eigenvalue weighted by Crippen LogP contribution is -2.18. The van der Waals surface area contributed by atoms with Crippen LogP contribution in [0.25, 0.3) is 0 Å². The first-order chi connectivity index (χ1) is 9.70. The van der Waals surface area contributed by atoms with Gasteiger partial charge in [0.1, 0.15) is 5.75 Å². The summed E-state index contributed by atoms with van der Waals surface area (Å²) in [5, 5.41) is 4.24. The largest absolute Gasteiger partial charge is 0.494 e. The van der Waals surface area contributed by atoms with Gasteiger partial charge in [0.05, 0.1) is 6.61 Å². The van der Waals surface area contributed by atoms with Crippen LogP contribution in [0.3, 0.4) is 0 Å². The van der Waals surface area contributed by atoms with Crippen molar-refractivity contribution in [2.24, 2.45) is 0 Å². The zero-order valence-corrected chi connectivity index (χ0v) is 12.7. The minimum atomic E-state index is 0.282. The molecule has 106 valence electrons. The lowest BCUT2D eigenvalue weighted by molar-refractivity contribution is 0.335. The van der Waals surface area contributed by atoms with Crippen molar-refractivity contribution in [3.05, 3.63) is 64.7 Å². The molecule has 0 amide bonds. The van der Waals surface area contributed by atoms with Crippen molar-refractivity contribution in [3.63, 3.8) is 0 Å². The quantitative estimate of drug-likeness (QED) is 0.840. The highest BCUT2D eigenvalue weighted by Gasteiger charge is 2.08. The van der Waals surface area contributed by atoms with Crippen LogP contribution >= 0.6 is 11.6 Å². The van der Waals surface area contributed by atoms with E-state index in [1.54, 1.807) is 0 Å². The van der Waals surface area contributed by atoms with E-state index in [0.717, 1.165) is 22.9 Å². The Labute approximate surface area is 125 Å². The summed E-state index contributed by atoms with van der Waals surface area (Å²) in [5.74, 6) is 0.893. The van der Waals surface area contributed by atoms with Gasteiger partial charge in [0.25, 0.3) is 0 Å². The molecule has 0 aliphatic rings. The summed E-state index contributed by atoms with van der Waals surface area (Å²) in [5.41, 5.74) is 2.36. The van der Waals surface area contributed by atoms with Crippen molar-refractivity contribution in [2.45, 2.75) is 26.4 Å². The van der Waals surface area contributed by atoms with Gasteiger partial charge in [0, 0.05) is 23.2 Å². The summed E-state index contributed by atoms with van der Waals surface area (Å²) in [6.07, 6.45) is 0. The van der Waals surface area contributed by atoms with Crippen molar-refractivity contribution in [1.82, 2.24) is 5.32 Å². The molecule has 3 heteroatoms. The standard InChI is InChI=1S/C17H20ClNO/c1-3-20-17-10-9-16(18)11-15(17)12-19-13(2)14-7-5-4-6-8-14/h4-11,13,19H,3,12H2,1-2H3/t13-/m0/s1. The minimum absolute atomic E-state index is 0.282. The molecule has 0 aliphatic heterocycles. The van der Waals surface area contributed by atoms with E-state index in [4.69, 9.17) is 16.3 Å². The normalized spacial score (nSPS) is 12.2. The summed E-state index contributed by atoms with van der Waals surface area (Å²) in [4.78, 5) is 0. The third kappa shape index (κ3) is 3.99. The lowest BCUT2D eigenvalue weighted by Gasteiger charge is -2.16. The number of hydrogen-bond acceptors (Lipinski definition) is 2. The molecule has 1 N–H and O–H groups in total. The Morgan fingerprint density at radius 3 is 2.60 bits per heavy atom. The fourth-order valence-corrected chi connectivity index (χ4v) is 2.30. The SMILES string of the molecule is CCOc1ccc(Cl)cc1CN[C@@H](C)c1ccccc1. The third-order valence-corrected chi connectivity index (χ3v) is 3.46. The summed E-state index contributed by atoms with van der Waals surface area (Å²) in [6, 6.07) is 16.4. The van der Waals surface area contributed by atoms with Crippen LogP contribution in [0.2, 0.25) is 5.02 Å². The zero-order valence-electron chi connectivity index (χ0n) is 11.9. The predicted molar refractivity (Wildman–Crippen MR) is 84.3 cm³/mol. The van der Waals surface area contributed by atoms with Crippen molar-refractivity contribution < 1.29 is 4.74 Å². The van der Waals surface area contributed by atoms with Crippen molar-refractivity contribution in [3.8, 4) is 5.75 Å². The van der Waals surface area contributed by atoms with Gasteiger partial charge in [0.2, 0.25) is 0 Å². The van der Waals surface area contributed by atoms with Crippen molar-refractivity contribution in [2.75, 3.05) is 6.61 Å². The average Bonchev–Trinajstić information content (AvgIpc) is 2.48. The number of hydrogen-bond donors (Lipinski definition) is 1. The molecule has 0 saturated carbocycles. The number of nitrogens with one attached hydrogen (secondary N) is 1. The van der Waals surface area contributed by atoms with Gasteiger partial charge in [-0.3, -0.25) is 0 Å². The Bertz CT molecular complexity index is 542. The second kappa shape index (κ2) is 7.32. The number of ether oxygens (including phenoxy) is 1. The highest BCUT2D eigenvalue weighted by Crippen LogP contribution is 2.24. The van der Waals surface area contributed by atoms with E-state index in [-0.39, 0.29) is 6.04 Å². The first-order valence-corrected chi connectivity index (χ1v) is 7.28. The van der Waals surface area contributed by atoms with Gasteiger partial charge in [0.15, 0.2) is 0 Å². The van der Waals surface area contributed by atoms with E-state index < -0.39 is 0 Å². The van der Waals surface area contributed by atoms with Crippen molar-refractivity contribution in [1.29, 1.82) is 0 Å². The van der Waals surface area contributed by atoms with E-state index in [2.05, 4.69) is 36.5 Å². The highest BCUT2D eigenvalue weighted by atomic mass is 35.5. The van der Waals surface area contributed by atoms with Crippen LogP contribution < -0.4 is 10.1 Å². The van der Waals surface area contributed by atoms with Crippen LogP contribution in [0, 0.1) is 0 Å². The molecule has 0 saturated heterocycles. The van der Waals surface area contributed by atoms with Crippen LogP contribution in [-0.2, 0) is 6.54 Å². The third-order valence-electron chi connectivity index (χ3n) is 3.22. The molecule has 0 heterocycles. The first-order valence-electron chi connectivity index (χ1n) is 6.90. The Kier molecular flexibility index (Phi) is 5.45. The zero-order chi connectivity index (χ0) is 14.4. The molecule has 0 radical (unpaired) electrons. The molecule has 2 aromatic rings. The second-order valence-electron chi connectivity index (χ2n) is 4.70. The second-order valence-corrected chi connectivity index (χ2v) is 5.13. The number of rotatable bonds is 6. The molecule has 0 fully saturated rings. The molecular formula is C17H20ClNO. The smallest absolute Gasteiger partial charge is 0.123 e. The Hall–Kier alpha value is -1.51.